The summed E-state index contributed by atoms with van der Waals surface area (Å²) in [5.74, 6) is -0.0495. The van der Waals surface area contributed by atoms with Crippen LogP contribution >= 0.6 is 0 Å². The van der Waals surface area contributed by atoms with Crippen molar-refractivity contribution in [3.63, 3.8) is 0 Å². The zero-order valence-electron chi connectivity index (χ0n) is 10.5. The highest BCUT2D eigenvalue weighted by Crippen LogP contribution is 2.10. The number of hydrogen-bond acceptors (Lipinski definition) is 4. The van der Waals surface area contributed by atoms with E-state index in [1.54, 1.807) is 11.9 Å². The van der Waals surface area contributed by atoms with Crippen molar-refractivity contribution in [2.75, 3.05) is 32.6 Å². The lowest BCUT2D eigenvalue weighted by Crippen LogP contribution is -2.43. The highest BCUT2D eigenvalue weighted by molar-refractivity contribution is 5.80. The number of nitrogens with two attached hydrogens (primary N) is 1. The number of nitrogens with zero attached hydrogens (tertiary/aromatic N) is 1. The third-order valence-corrected chi connectivity index (χ3v) is 2.87. The van der Waals surface area contributed by atoms with E-state index >= 15 is 0 Å². The summed E-state index contributed by atoms with van der Waals surface area (Å²) in [7, 11) is 1.76. The largest absolute Gasteiger partial charge is 0.399 e. The van der Waals surface area contributed by atoms with Gasteiger partial charge >= 0.3 is 0 Å². The normalized spacial score (nSPS) is 19.5. The maximum Gasteiger partial charge on any atom is 0.254 e. The fourth-order valence-corrected chi connectivity index (χ4v) is 1.85. The Morgan fingerprint density at radius 1 is 1.39 bits per heavy atom. The second-order valence-electron chi connectivity index (χ2n) is 4.37. The number of hydrogen-bond donors (Lipinski definition) is 1. The molecule has 1 heterocycles. The van der Waals surface area contributed by atoms with Gasteiger partial charge < -0.3 is 20.1 Å². The van der Waals surface area contributed by atoms with Crippen LogP contribution in [-0.2, 0) is 20.8 Å². The number of anilines is 1. The number of carbonyl (C=O) groups excluding carboxylic acids is 1. The molecular weight excluding hydrogens is 232 g/mol. The van der Waals surface area contributed by atoms with Crippen molar-refractivity contribution >= 4 is 11.6 Å². The first-order chi connectivity index (χ1) is 8.66. The van der Waals surface area contributed by atoms with Crippen LogP contribution in [0.25, 0.3) is 0 Å². The molecule has 0 saturated carbocycles. The van der Waals surface area contributed by atoms with Gasteiger partial charge in [0.1, 0.15) is 0 Å². The maximum atomic E-state index is 12.1. The minimum absolute atomic E-state index is 0.0495. The second-order valence-corrected chi connectivity index (χ2v) is 4.37. The van der Waals surface area contributed by atoms with Crippen LogP contribution in [0.15, 0.2) is 24.3 Å². The molecule has 2 N–H and O–H groups in total. The van der Waals surface area contributed by atoms with Crippen molar-refractivity contribution in [1.82, 2.24) is 4.90 Å². The van der Waals surface area contributed by atoms with Gasteiger partial charge in [0.2, 0.25) is 0 Å². The lowest BCUT2D eigenvalue weighted by atomic mass is 10.2. The van der Waals surface area contributed by atoms with Crippen molar-refractivity contribution in [2.24, 2.45) is 0 Å². The number of rotatable bonds is 3. The Kier molecular flexibility index (Phi) is 4.17. The molecule has 0 bridgehead atoms. The average Bonchev–Trinajstić information content (AvgIpc) is 2.41. The zero-order chi connectivity index (χ0) is 13.0. The third-order valence-electron chi connectivity index (χ3n) is 2.87. The summed E-state index contributed by atoms with van der Waals surface area (Å²) in [6, 6.07) is 7.48. The van der Waals surface area contributed by atoms with E-state index in [0.717, 1.165) is 11.3 Å². The lowest BCUT2D eigenvalue weighted by Gasteiger charge is -2.26. The van der Waals surface area contributed by atoms with Gasteiger partial charge in [0, 0.05) is 19.3 Å². The van der Waals surface area contributed by atoms with Gasteiger partial charge in [-0.05, 0) is 17.7 Å². The third kappa shape index (κ3) is 3.21. The van der Waals surface area contributed by atoms with Crippen LogP contribution in [0, 0.1) is 0 Å². The first-order valence-corrected chi connectivity index (χ1v) is 5.95. The molecular formula is C13H18N2O3. The number of benzene rings is 1. The number of carbonyl (C=O) groups is 1. The molecule has 0 spiro atoms. The molecule has 0 aliphatic carbocycles. The molecule has 98 valence electrons. The van der Waals surface area contributed by atoms with Gasteiger partial charge in [-0.1, -0.05) is 12.1 Å². The predicted molar refractivity (Wildman–Crippen MR) is 67.9 cm³/mol. The van der Waals surface area contributed by atoms with Gasteiger partial charge in [0.25, 0.3) is 5.91 Å². The van der Waals surface area contributed by atoms with Crippen LogP contribution in [0.3, 0.4) is 0 Å². The molecule has 1 fully saturated rings. The van der Waals surface area contributed by atoms with E-state index < -0.39 is 6.10 Å². The zero-order valence-corrected chi connectivity index (χ0v) is 10.5. The fourth-order valence-electron chi connectivity index (χ4n) is 1.85. The Balaban J connectivity index is 1.92. The predicted octanol–water partition coefficient (Wildman–Crippen LogP) is 0.643. The molecule has 0 aromatic heterocycles. The molecule has 2 rings (SSSR count). The highest BCUT2D eigenvalue weighted by atomic mass is 16.6. The molecule has 1 aromatic carbocycles. The smallest absolute Gasteiger partial charge is 0.254 e. The van der Waals surface area contributed by atoms with E-state index in [1.165, 1.54) is 0 Å². The number of nitrogen functional groups attached to an aromatic ring is 1. The summed E-state index contributed by atoms with van der Waals surface area (Å²) in [6.45, 7) is 1.92. The molecule has 1 unspecified atom stereocenters. The van der Waals surface area contributed by atoms with E-state index in [2.05, 4.69) is 0 Å². The van der Waals surface area contributed by atoms with E-state index in [4.69, 9.17) is 15.2 Å². The van der Waals surface area contributed by atoms with Crippen LogP contribution in [0.1, 0.15) is 5.56 Å². The molecule has 0 radical (unpaired) electrons. The van der Waals surface area contributed by atoms with E-state index in [0.29, 0.717) is 26.4 Å². The molecule has 1 aliphatic heterocycles. The van der Waals surface area contributed by atoms with E-state index in [9.17, 15) is 4.79 Å². The van der Waals surface area contributed by atoms with Crippen LogP contribution in [0.4, 0.5) is 5.69 Å². The van der Waals surface area contributed by atoms with Gasteiger partial charge in [0.05, 0.1) is 19.8 Å². The fraction of sp³-hybridized carbons (Fsp3) is 0.462. The van der Waals surface area contributed by atoms with Gasteiger partial charge in [-0.2, -0.15) is 0 Å². The second kappa shape index (κ2) is 5.84. The number of likely N-dealkylation sites (N-methyl/N-ethyl adjacent to an activating group) is 1. The Labute approximate surface area is 106 Å². The summed E-state index contributed by atoms with van der Waals surface area (Å²) in [6.07, 6.45) is -0.475. The van der Waals surface area contributed by atoms with Crippen LogP contribution < -0.4 is 5.73 Å². The first-order valence-electron chi connectivity index (χ1n) is 5.95. The van der Waals surface area contributed by atoms with Gasteiger partial charge in [-0.25, -0.2) is 0 Å². The Morgan fingerprint density at radius 3 is 2.72 bits per heavy atom. The Hall–Kier alpha value is -1.59. The SMILES string of the molecule is CN(Cc1ccc(N)cc1)C(=O)C1COCCO1. The minimum atomic E-state index is -0.475. The lowest BCUT2D eigenvalue weighted by molar-refractivity contribution is -0.157. The molecule has 5 nitrogen and oxygen atoms in total. The minimum Gasteiger partial charge on any atom is -0.399 e. The van der Waals surface area contributed by atoms with Crippen molar-refractivity contribution < 1.29 is 14.3 Å². The summed E-state index contributed by atoms with van der Waals surface area (Å²) in [5, 5.41) is 0. The standard InChI is InChI=1S/C13H18N2O3/c1-15(8-10-2-4-11(14)5-3-10)13(16)12-9-17-6-7-18-12/h2-5,12H,6-9,14H2,1H3. The van der Waals surface area contributed by atoms with Gasteiger partial charge in [-0.3, -0.25) is 4.79 Å². The van der Waals surface area contributed by atoms with Crippen LogP contribution in [-0.4, -0.2) is 43.8 Å². The molecule has 1 atom stereocenters. The summed E-state index contributed by atoms with van der Waals surface area (Å²) >= 11 is 0. The van der Waals surface area contributed by atoms with Crippen molar-refractivity contribution in [1.29, 1.82) is 0 Å². The summed E-state index contributed by atoms with van der Waals surface area (Å²) < 4.78 is 10.6. The number of amides is 1. The molecule has 1 saturated heterocycles. The number of ether oxygens (including phenoxy) is 2. The van der Waals surface area contributed by atoms with Gasteiger partial charge in [0.15, 0.2) is 6.10 Å². The molecule has 5 heteroatoms. The first kappa shape index (κ1) is 12.9. The monoisotopic (exact) mass is 250 g/mol. The van der Waals surface area contributed by atoms with Crippen LogP contribution in [0.5, 0.6) is 0 Å². The summed E-state index contributed by atoms with van der Waals surface area (Å²) in [4.78, 5) is 13.7. The van der Waals surface area contributed by atoms with E-state index in [1.807, 2.05) is 24.3 Å². The van der Waals surface area contributed by atoms with Crippen molar-refractivity contribution in [2.45, 2.75) is 12.6 Å². The topological polar surface area (TPSA) is 64.8 Å². The Bertz CT molecular complexity index is 399. The molecule has 1 amide bonds. The Morgan fingerprint density at radius 2 is 2.11 bits per heavy atom. The van der Waals surface area contributed by atoms with Crippen molar-refractivity contribution in [3.8, 4) is 0 Å². The van der Waals surface area contributed by atoms with Crippen LogP contribution in [0.2, 0.25) is 0 Å². The molecule has 1 aromatic rings. The van der Waals surface area contributed by atoms with Crippen molar-refractivity contribution in [3.05, 3.63) is 29.8 Å². The summed E-state index contributed by atoms with van der Waals surface area (Å²) in [5.41, 5.74) is 7.38. The average molecular weight is 250 g/mol. The molecule has 18 heavy (non-hydrogen) atoms. The van der Waals surface area contributed by atoms with E-state index in [-0.39, 0.29) is 5.91 Å². The quantitative estimate of drug-likeness (QED) is 0.800. The highest BCUT2D eigenvalue weighted by Gasteiger charge is 2.25. The molecule has 1 aliphatic rings. The maximum absolute atomic E-state index is 12.1. The van der Waals surface area contributed by atoms with Gasteiger partial charge in [-0.15, -0.1) is 0 Å².